The number of aryl methyl sites for hydroxylation is 1. The minimum absolute atomic E-state index is 0.103. The Morgan fingerprint density at radius 2 is 2.19 bits per heavy atom. The smallest absolute Gasteiger partial charge is 0.231 e. The lowest BCUT2D eigenvalue weighted by molar-refractivity contribution is -0.126. The van der Waals surface area contributed by atoms with Crippen LogP contribution in [-0.4, -0.2) is 27.3 Å². The molecule has 0 fully saturated rings. The molecule has 2 heterocycles. The minimum Gasteiger partial charge on any atom is -0.383 e. The van der Waals surface area contributed by atoms with Crippen LogP contribution in [0.4, 0.5) is 0 Å². The van der Waals surface area contributed by atoms with Crippen molar-refractivity contribution in [2.75, 3.05) is 6.54 Å². The standard InChI is InChI=1S/C15H21N3O2S/c1-14(2,12-6-5-7-21-12)13(19)16-10-15(3,20)11-8-17-18(4)9-11/h5-9,20H,10H2,1-4H3,(H,16,19). The summed E-state index contributed by atoms with van der Waals surface area (Å²) >= 11 is 1.55. The summed E-state index contributed by atoms with van der Waals surface area (Å²) in [6, 6.07) is 3.88. The van der Waals surface area contributed by atoms with Crippen LogP contribution >= 0.6 is 11.3 Å². The van der Waals surface area contributed by atoms with Crippen LogP contribution in [-0.2, 0) is 22.9 Å². The third kappa shape index (κ3) is 3.33. The van der Waals surface area contributed by atoms with E-state index in [1.165, 1.54) is 0 Å². The number of carbonyl (C=O) groups excluding carboxylic acids is 1. The first-order chi connectivity index (χ1) is 9.73. The highest BCUT2D eigenvalue weighted by Gasteiger charge is 2.33. The number of hydrogen-bond acceptors (Lipinski definition) is 4. The molecule has 2 N–H and O–H groups in total. The highest BCUT2D eigenvalue weighted by Crippen LogP contribution is 2.28. The van der Waals surface area contributed by atoms with Gasteiger partial charge in [0.15, 0.2) is 0 Å². The van der Waals surface area contributed by atoms with Crippen molar-refractivity contribution >= 4 is 17.2 Å². The molecule has 1 unspecified atom stereocenters. The first kappa shape index (κ1) is 15.7. The van der Waals surface area contributed by atoms with E-state index in [9.17, 15) is 9.90 Å². The predicted octanol–water partition coefficient (Wildman–Crippen LogP) is 1.78. The number of rotatable bonds is 5. The van der Waals surface area contributed by atoms with Gasteiger partial charge < -0.3 is 10.4 Å². The first-order valence-corrected chi connectivity index (χ1v) is 7.65. The second-order valence-electron chi connectivity index (χ2n) is 5.96. The monoisotopic (exact) mass is 307 g/mol. The van der Waals surface area contributed by atoms with Crippen LogP contribution < -0.4 is 5.32 Å². The third-order valence-electron chi connectivity index (χ3n) is 3.62. The fraction of sp³-hybridized carbons (Fsp3) is 0.467. The van der Waals surface area contributed by atoms with E-state index in [0.29, 0.717) is 5.56 Å². The fourth-order valence-electron chi connectivity index (χ4n) is 2.02. The van der Waals surface area contributed by atoms with E-state index in [1.54, 1.807) is 42.4 Å². The van der Waals surface area contributed by atoms with Crippen LogP contribution in [0, 0.1) is 0 Å². The molecule has 0 saturated carbocycles. The van der Waals surface area contributed by atoms with Gasteiger partial charge in [-0.15, -0.1) is 11.3 Å². The molecule has 114 valence electrons. The lowest BCUT2D eigenvalue weighted by Crippen LogP contribution is -2.45. The van der Waals surface area contributed by atoms with E-state index in [1.807, 2.05) is 31.4 Å². The second kappa shape index (κ2) is 5.61. The van der Waals surface area contributed by atoms with Crippen molar-refractivity contribution < 1.29 is 9.90 Å². The summed E-state index contributed by atoms with van der Waals surface area (Å²) in [5.41, 5.74) is -1.08. The van der Waals surface area contributed by atoms with Gasteiger partial charge in [0.25, 0.3) is 0 Å². The molecule has 2 rings (SSSR count). The Bertz CT molecular complexity index is 615. The summed E-state index contributed by atoms with van der Waals surface area (Å²) in [6.45, 7) is 5.58. The lowest BCUT2D eigenvalue weighted by atomic mass is 9.89. The Morgan fingerprint density at radius 1 is 1.48 bits per heavy atom. The summed E-state index contributed by atoms with van der Waals surface area (Å²) in [7, 11) is 1.79. The molecule has 6 heteroatoms. The van der Waals surface area contributed by atoms with Crippen LogP contribution in [0.5, 0.6) is 0 Å². The van der Waals surface area contributed by atoms with Gasteiger partial charge in [0.05, 0.1) is 18.2 Å². The molecule has 2 aromatic rings. The van der Waals surface area contributed by atoms with Crippen molar-refractivity contribution in [2.24, 2.45) is 7.05 Å². The molecule has 1 atom stereocenters. The molecule has 0 saturated heterocycles. The molecule has 21 heavy (non-hydrogen) atoms. The summed E-state index contributed by atoms with van der Waals surface area (Å²) in [6.07, 6.45) is 3.35. The van der Waals surface area contributed by atoms with Crippen molar-refractivity contribution in [1.82, 2.24) is 15.1 Å². The van der Waals surface area contributed by atoms with Gasteiger partial charge in [-0.05, 0) is 32.2 Å². The zero-order valence-electron chi connectivity index (χ0n) is 12.8. The molecule has 0 aliphatic heterocycles. The molecular weight excluding hydrogens is 286 g/mol. The quantitative estimate of drug-likeness (QED) is 0.885. The van der Waals surface area contributed by atoms with Crippen molar-refractivity contribution in [2.45, 2.75) is 31.8 Å². The Labute approximate surface area is 128 Å². The summed E-state index contributed by atoms with van der Waals surface area (Å²) in [4.78, 5) is 13.4. The number of nitrogens with zero attached hydrogens (tertiary/aromatic N) is 2. The largest absolute Gasteiger partial charge is 0.383 e. The van der Waals surface area contributed by atoms with Crippen LogP contribution in [0.3, 0.4) is 0 Å². The van der Waals surface area contributed by atoms with E-state index in [0.717, 1.165) is 4.88 Å². The van der Waals surface area contributed by atoms with Gasteiger partial charge >= 0.3 is 0 Å². The second-order valence-corrected chi connectivity index (χ2v) is 6.91. The number of nitrogens with one attached hydrogen (secondary N) is 1. The Balaban J connectivity index is 2.04. The van der Waals surface area contributed by atoms with Crippen molar-refractivity contribution in [1.29, 1.82) is 0 Å². The van der Waals surface area contributed by atoms with Crippen LogP contribution in [0.15, 0.2) is 29.9 Å². The highest BCUT2D eigenvalue weighted by atomic mass is 32.1. The van der Waals surface area contributed by atoms with E-state index in [2.05, 4.69) is 10.4 Å². The topological polar surface area (TPSA) is 67.2 Å². The average Bonchev–Trinajstić information content (AvgIpc) is 3.06. The fourth-order valence-corrected chi connectivity index (χ4v) is 2.87. The minimum atomic E-state index is -1.14. The number of hydrogen-bond donors (Lipinski definition) is 2. The Hall–Kier alpha value is -1.66. The van der Waals surface area contributed by atoms with Gasteiger partial charge in [-0.1, -0.05) is 6.07 Å². The van der Waals surface area contributed by atoms with Gasteiger partial charge in [0, 0.05) is 23.7 Å². The molecule has 0 aliphatic carbocycles. The van der Waals surface area contributed by atoms with E-state index in [4.69, 9.17) is 0 Å². The SMILES string of the molecule is Cn1cc(C(C)(O)CNC(=O)C(C)(C)c2cccs2)cn1. The van der Waals surface area contributed by atoms with E-state index in [-0.39, 0.29) is 12.5 Å². The first-order valence-electron chi connectivity index (χ1n) is 6.77. The number of thiophene rings is 1. The van der Waals surface area contributed by atoms with Gasteiger partial charge in [-0.3, -0.25) is 9.48 Å². The van der Waals surface area contributed by atoms with Crippen molar-refractivity contribution in [3.05, 3.63) is 40.3 Å². The molecule has 2 aromatic heterocycles. The zero-order chi connectivity index (χ0) is 15.7. The highest BCUT2D eigenvalue weighted by molar-refractivity contribution is 7.10. The molecule has 1 amide bonds. The zero-order valence-corrected chi connectivity index (χ0v) is 13.6. The molecule has 0 bridgehead atoms. The van der Waals surface area contributed by atoms with Gasteiger partial charge in [-0.25, -0.2) is 0 Å². The summed E-state index contributed by atoms with van der Waals surface area (Å²) in [5.74, 6) is -0.103. The van der Waals surface area contributed by atoms with Gasteiger partial charge in [0.1, 0.15) is 5.60 Å². The van der Waals surface area contributed by atoms with Crippen molar-refractivity contribution in [3.63, 3.8) is 0 Å². The average molecular weight is 307 g/mol. The lowest BCUT2D eigenvalue weighted by Gasteiger charge is -2.27. The Kier molecular flexibility index (Phi) is 4.20. The normalized spacial score (nSPS) is 14.7. The van der Waals surface area contributed by atoms with Crippen LogP contribution in [0.25, 0.3) is 0 Å². The number of aromatic nitrogens is 2. The maximum absolute atomic E-state index is 12.4. The Morgan fingerprint density at radius 3 is 2.71 bits per heavy atom. The molecule has 0 spiro atoms. The number of carbonyl (C=O) groups is 1. The molecule has 0 aromatic carbocycles. The van der Waals surface area contributed by atoms with E-state index >= 15 is 0 Å². The number of amides is 1. The molecule has 5 nitrogen and oxygen atoms in total. The summed E-state index contributed by atoms with van der Waals surface area (Å²) in [5, 5.41) is 19.3. The maximum atomic E-state index is 12.4. The van der Waals surface area contributed by atoms with Gasteiger partial charge in [0.2, 0.25) is 5.91 Å². The predicted molar refractivity (Wildman–Crippen MR) is 83.1 cm³/mol. The van der Waals surface area contributed by atoms with Crippen LogP contribution in [0.2, 0.25) is 0 Å². The van der Waals surface area contributed by atoms with Crippen molar-refractivity contribution in [3.8, 4) is 0 Å². The van der Waals surface area contributed by atoms with E-state index < -0.39 is 11.0 Å². The molecular formula is C15H21N3O2S. The number of aliphatic hydroxyl groups is 1. The third-order valence-corrected chi connectivity index (χ3v) is 4.82. The summed E-state index contributed by atoms with van der Waals surface area (Å²) < 4.78 is 1.63. The molecule has 0 radical (unpaired) electrons. The van der Waals surface area contributed by atoms with Gasteiger partial charge in [-0.2, -0.15) is 5.10 Å². The maximum Gasteiger partial charge on any atom is 0.231 e. The molecule has 0 aliphatic rings. The van der Waals surface area contributed by atoms with Crippen LogP contribution in [0.1, 0.15) is 31.2 Å².